The molecule has 0 radical (unpaired) electrons. The van der Waals surface area contributed by atoms with E-state index < -0.39 is 0 Å². The molecule has 1 aromatic carbocycles. The highest BCUT2D eigenvalue weighted by Gasteiger charge is 2.16. The molecule has 1 atom stereocenters. The van der Waals surface area contributed by atoms with Crippen LogP contribution in [0.5, 0.6) is 0 Å². The Balaban J connectivity index is 1.47. The number of aromatic nitrogens is 2. The number of benzene rings is 1. The van der Waals surface area contributed by atoms with E-state index in [-0.39, 0.29) is 17.8 Å². The van der Waals surface area contributed by atoms with Crippen LogP contribution in [0.4, 0.5) is 10.8 Å². The van der Waals surface area contributed by atoms with Crippen molar-refractivity contribution in [3.05, 3.63) is 28.3 Å². The van der Waals surface area contributed by atoms with Gasteiger partial charge in [-0.15, -0.1) is 10.2 Å². The Bertz CT molecular complexity index is 755. The van der Waals surface area contributed by atoms with Gasteiger partial charge in [0.15, 0.2) is 4.34 Å². The lowest BCUT2D eigenvalue weighted by Gasteiger charge is -2.11. The maximum atomic E-state index is 12.2. The van der Waals surface area contributed by atoms with E-state index in [0.717, 1.165) is 46.6 Å². The molecule has 1 saturated heterocycles. The number of thioether (sulfide) groups is 1. The Hall–Kier alpha value is -1.35. The number of nitrogens with one attached hydrogen (secondary N) is 2. The molecule has 0 unspecified atom stereocenters. The van der Waals surface area contributed by atoms with Crippen LogP contribution in [-0.4, -0.2) is 41.1 Å². The summed E-state index contributed by atoms with van der Waals surface area (Å²) in [6.07, 6.45) is 2.45. The first-order valence-corrected chi connectivity index (χ1v) is 10.6. The lowest BCUT2D eigenvalue weighted by atomic mass is 10.1. The van der Waals surface area contributed by atoms with E-state index >= 15 is 0 Å². The summed E-state index contributed by atoms with van der Waals surface area (Å²) >= 11 is 9.03. The molecule has 0 bridgehead atoms. The van der Waals surface area contributed by atoms with Gasteiger partial charge in [0, 0.05) is 13.2 Å². The summed E-state index contributed by atoms with van der Waals surface area (Å²) in [6.45, 7) is 5.48. The smallest absolute Gasteiger partial charge is 0.234 e. The topological polar surface area (TPSA) is 76.1 Å². The highest BCUT2D eigenvalue weighted by Crippen LogP contribution is 2.29. The van der Waals surface area contributed by atoms with Crippen molar-refractivity contribution >= 4 is 51.4 Å². The molecule has 1 fully saturated rings. The zero-order chi connectivity index (χ0) is 18.5. The SMILES string of the molecule is Cc1cc(C)c(NC(=O)CSc2nnc(NC[C@H]3CCCO3)s2)c(Cl)c1. The Kier molecular flexibility index (Phi) is 6.74. The second kappa shape index (κ2) is 9.03. The predicted octanol–water partition coefficient (Wildman–Crippen LogP) is 4.13. The maximum absolute atomic E-state index is 12.2. The average Bonchev–Trinajstić information content (AvgIpc) is 3.25. The Morgan fingerprint density at radius 3 is 3.00 bits per heavy atom. The van der Waals surface area contributed by atoms with Gasteiger partial charge in [0.2, 0.25) is 11.0 Å². The highest BCUT2D eigenvalue weighted by molar-refractivity contribution is 8.01. The third-order valence-corrected chi connectivity index (χ3v) is 6.25. The van der Waals surface area contributed by atoms with Gasteiger partial charge in [-0.25, -0.2) is 0 Å². The molecule has 0 saturated carbocycles. The number of nitrogens with zero attached hydrogens (tertiary/aromatic N) is 2. The Morgan fingerprint density at radius 1 is 1.42 bits per heavy atom. The van der Waals surface area contributed by atoms with Crippen LogP contribution in [0.2, 0.25) is 5.02 Å². The second-order valence-electron chi connectivity index (χ2n) is 6.16. The van der Waals surface area contributed by atoms with Crippen molar-refractivity contribution in [1.29, 1.82) is 0 Å². The first-order valence-electron chi connectivity index (χ1n) is 8.39. The van der Waals surface area contributed by atoms with Crippen molar-refractivity contribution in [1.82, 2.24) is 10.2 Å². The Labute approximate surface area is 166 Å². The van der Waals surface area contributed by atoms with Crippen molar-refractivity contribution in [3.8, 4) is 0 Å². The van der Waals surface area contributed by atoms with Gasteiger partial charge in [-0.05, 0) is 43.9 Å². The van der Waals surface area contributed by atoms with E-state index in [4.69, 9.17) is 16.3 Å². The van der Waals surface area contributed by atoms with Gasteiger partial charge in [0.05, 0.1) is 22.6 Å². The predicted molar refractivity (Wildman–Crippen MR) is 108 cm³/mol. The number of carbonyl (C=O) groups is 1. The molecule has 2 N–H and O–H groups in total. The fourth-order valence-corrected chi connectivity index (χ4v) is 4.65. The summed E-state index contributed by atoms with van der Waals surface area (Å²) in [5.74, 6) is 0.136. The van der Waals surface area contributed by atoms with Crippen LogP contribution < -0.4 is 10.6 Å². The van der Waals surface area contributed by atoms with Crippen LogP contribution in [0, 0.1) is 13.8 Å². The number of rotatable bonds is 7. The lowest BCUT2D eigenvalue weighted by molar-refractivity contribution is -0.113. The Morgan fingerprint density at radius 2 is 2.27 bits per heavy atom. The number of aryl methyl sites for hydroxylation is 2. The van der Waals surface area contributed by atoms with Crippen LogP contribution in [-0.2, 0) is 9.53 Å². The third-order valence-electron chi connectivity index (χ3n) is 3.93. The molecule has 2 heterocycles. The van der Waals surface area contributed by atoms with E-state index in [9.17, 15) is 4.79 Å². The van der Waals surface area contributed by atoms with Gasteiger partial charge in [-0.1, -0.05) is 40.8 Å². The number of carbonyl (C=O) groups excluding carboxylic acids is 1. The van der Waals surface area contributed by atoms with E-state index in [1.807, 2.05) is 26.0 Å². The maximum Gasteiger partial charge on any atom is 0.234 e. The zero-order valence-corrected chi connectivity index (χ0v) is 17.1. The molecule has 1 aromatic heterocycles. The normalized spacial score (nSPS) is 16.7. The standard InChI is InChI=1S/C17H21ClN4O2S2/c1-10-6-11(2)15(13(18)7-10)20-14(23)9-25-17-22-21-16(26-17)19-8-12-4-3-5-24-12/h6-7,12H,3-5,8-9H2,1-2H3,(H,19,21)(H,20,23)/t12-/m1/s1. The van der Waals surface area contributed by atoms with Crippen molar-refractivity contribution < 1.29 is 9.53 Å². The summed E-state index contributed by atoms with van der Waals surface area (Å²) in [5.41, 5.74) is 2.68. The summed E-state index contributed by atoms with van der Waals surface area (Å²) in [5, 5.41) is 15.6. The number of amides is 1. The van der Waals surface area contributed by atoms with Gasteiger partial charge in [0.1, 0.15) is 0 Å². The summed E-state index contributed by atoms with van der Waals surface area (Å²) in [4.78, 5) is 12.2. The van der Waals surface area contributed by atoms with Crippen LogP contribution >= 0.6 is 34.7 Å². The molecule has 6 nitrogen and oxygen atoms in total. The van der Waals surface area contributed by atoms with E-state index in [1.54, 1.807) is 0 Å². The van der Waals surface area contributed by atoms with Crippen LogP contribution in [0.1, 0.15) is 24.0 Å². The van der Waals surface area contributed by atoms with Crippen molar-refractivity contribution in [2.24, 2.45) is 0 Å². The molecule has 1 amide bonds. The highest BCUT2D eigenvalue weighted by atomic mass is 35.5. The monoisotopic (exact) mass is 412 g/mol. The number of halogens is 1. The summed E-state index contributed by atoms with van der Waals surface area (Å²) < 4.78 is 6.32. The minimum Gasteiger partial charge on any atom is -0.376 e. The van der Waals surface area contributed by atoms with Gasteiger partial charge in [-0.3, -0.25) is 4.79 Å². The second-order valence-corrected chi connectivity index (χ2v) is 8.77. The molecule has 0 aliphatic carbocycles. The number of hydrogen-bond donors (Lipinski definition) is 2. The van der Waals surface area contributed by atoms with E-state index in [1.165, 1.54) is 23.1 Å². The molecular weight excluding hydrogens is 392 g/mol. The third kappa shape index (κ3) is 5.33. The molecule has 1 aliphatic heterocycles. The van der Waals surface area contributed by atoms with Crippen LogP contribution in [0.15, 0.2) is 16.5 Å². The van der Waals surface area contributed by atoms with Crippen LogP contribution in [0.25, 0.3) is 0 Å². The van der Waals surface area contributed by atoms with Crippen molar-refractivity contribution in [2.45, 2.75) is 37.1 Å². The quantitative estimate of drug-likeness (QED) is 0.666. The molecule has 9 heteroatoms. The van der Waals surface area contributed by atoms with Crippen molar-refractivity contribution in [3.63, 3.8) is 0 Å². The number of hydrogen-bond acceptors (Lipinski definition) is 7. The zero-order valence-electron chi connectivity index (χ0n) is 14.7. The minimum absolute atomic E-state index is 0.118. The molecule has 0 spiro atoms. The first-order chi connectivity index (χ1) is 12.5. The number of ether oxygens (including phenoxy) is 1. The van der Waals surface area contributed by atoms with Gasteiger partial charge in [-0.2, -0.15) is 0 Å². The number of anilines is 2. The summed E-state index contributed by atoms with van der Waals surface area (Å²) in [6, 6.07) is 3.83. The molecule has 140 valence electrons. The fourth-order valence-electron chi connectivity index (χ4n) is 2.72. The minimum atomic E-state index is -0.118. The lowest BCUT2D eigenvalue weighted by Crippen LogP contribution is -2.18. The van der Waals surface area contributed by atoms with E-state index in [0.29, 0.717) is 10.7 Å². The molecular formula is C17H21ClN4O2S2. The van der Waals surface area contributed by atoms with Gasteiger partial charge in [0.25, 0.3) is 0 Å². The molecule has 3 rings (SSSR count). The average molecular weight is 413 g/mol. The van der Waals surface area contributed by atoms with Gasteiger partial charge >= 0.3 is 0 Å². The summed E-state index contributed by atoms with van der Waals surface area (Å²) in [7, 11) is 0. The van der Waals surface area contributed by atoms with Gasteiger partial charge < -0.3 is 15.4 Å². The van der Waals surface area contributed by atoms with Crippen LogP contribution in [0.3, 0.4) is 0 Å². The molecule has 26 heavy (non-hydrogen) atoms. The largest absolute Gasteiger partial charge is 0.376 e. The van der Waals surface area contributed by atoms with E-state index in [2.05, 4.69) is 20.8 Å². The molecule has 2 aromatic rings. The van der Waals surface area contributed by atoms with Crippen molar-refractivity contribution in [2.75, 3.05) is 29.5 Å². The first kappa shape index (κ1) is 19.4. The fraction of sp³-hybridized carbons (Fsp3) is 0.471. The molecule has 1 aliphatic rings.